The molecule has 0 N–H and O–H groups in total. The lowest BCUT2D eigenvalue weighted by Crippen LogP contribution is -2.22. The molecule has 2 aromatic rings. The van der Waals surface area contributed by atoms with Gasteiger partial charge in [-0.25, -0.2) is 0 Å². The summed E-state index contributed by atoms with van der Waals surface area (Å²) >= 11 is 3.57. The standard InChI is InChI=1S/C18H23BrN2O3/c1-11-17-14(8-16(19)18(11)23-3)9-21(20-17)15-6-4-13(5-7-15)10-24-12(2)22/h8-9,13,15H,4-7,10H2,1-3H3/t13-,15-. The third-order valence-electron chi connectivity index (χ3n) is 4.87. The average molecular weight is 395 g/mol. The number of rotatable bonds is 4. The third-order valence-corrected chi connectivity index (χ3v) is 5.46. The largest absolute Gasteiger partial charge is 0.495 e. The minimum atomic E-state index is -0.189. The summed E-state index contributed by atoms with van der Waals surface area (Å²) in [5.74, 6) is 1.13. The van der Waals surface area contributed by atoms with Crippen LogP contribution in [0.3, 0.4) is 0 Å². The second-order valence-corrected chi connectivity index (χ2v) is 7.40. The van der Waals surface area contributed by atoms with Crippen LogP contribution in [0.25, 0.3) is 10.9 Å². The minimum absolute atomic E-state index is 0.189. The van der Waals surface area contributed by atoms with Gasteiger partial charge in [0.2, 0.25) is 0 Å². The van der Waals surface area contributed by atoms with Crippen LogP contribution in [0.4, 0.5) is 0 Å². The predicted octanol–water partition coefficient (Wildman–Crippen LogP) is 4.41. The first-order valence-electron chi connectivity index (χ1n) is 8.35. The first-order valence-corrected chi connectivity index (χ1v) is 9.14. The van der Waals surface area contributed by atoms with E-state index < -0.39 is 0 Å². The number of benzene rings is 1. The molecule has 1 aromatic carbocycles. The maximum atomic E-state index is 10.9. The lowest BCUT2D eigenvalue weighted by molar-refractivity contribution is -0.142. The monoisotopic (exact) mass is 394 g/mol. The molecule has 6 heteroatoms. The van der Waals surface area contributed by atoms with Crippen LogP contribution in [-0.2, 0) is 9.53 Å². The lowest BCUT2D eigenvalue weighted by atomic mass is 9.86. The third kappa shape index (κ3) is 3.43. The molecule has 1 saturated carbocycles. The maximum absolute atomic E-state index is 10.9. The molecule has 0 spiro atoms. The fourth-order valence-electron chi connectivity index (χ4n) is 3.54. The second-order valence-electron chi connectivity index (χ2n) is 6.54. The van der Waals surface area contributed by atoms with Crippen LogP contribution in [0.2, 0.25) is 0 Å². The van der Waals surface area contributed by atoms with Crippen molar-refractivity contribution >= 4 is 32.8 Å². The van der Waals surface area contributed by atoms with Gasteiger partial charge in [-0.1, -0.05) is 0 Å². The van der Waals surface area contributed by atoms with Gasteiger partial charge in [-0.2, -0.15) is 5.10 Å². The van der Waals surface area contributed by atoms with Gasteiger partial charge in [0.15, 0.2) is 0 Å². The molecule has 0 atom stereocenters. The van der Waals surface area contributed by atoms with Crippen molar-refractivity contribution in [3.8, 4) is 5.75 Å². The molecule has 1 aliphatic rings. The number of hydrogen-bond donors (Lipinski definition) is 0. The quantitative estimate of drug-likeness (QED) is 0.720. The van der Waals surface area contributed by atoms with Gasteiger partial charge in [0.1, 0.15) is 5.75 Å². The van der Waals surface area contributed by atoms with E-state index in [0.29, 0.717) is 18.6 Å². The van der Waals surface area contributed by atoms with Gasteiger partial charge in [0.05, 0.1) is 29.7 Å². The average Bonchev–Trinajstić information content (AvgIpc) is 2.98. The fraction of sp³-hybridized carbons (Fsp3) is 0.556. The van der Waals surface area contributed by atoms with Crippen molar-refractivity contribution in [3.63, 3.8) is 0 Å². The maximum Gasteiger partial charge on any atom is 0.302 e. The van der Waals surface area contributed by atoms with Crippen LogP contribution >= 0.6 is 15.9 Å². The zero-order valence-electron chi connectivity index (χ0n) is 14.3. The molecular weight excluding hydrogens is 372 g/mol. The number of carbonyl (C=O) groups excluding carboxylic acids is 1. The van der Waals surface area contributed by atoms with E-state index in [4.69, 9.17) is 14.6 Å². The molecule has 24 heavy (non-hydrogen) atoms. The smallest absolute Gasteiger partial charge is 0.302 e. The molecule has 3 rings (SSSR count). The first-order chi connectivity index (χ1) is 11.5. The van der Waals surface area contributed by atoms with Crippen molar-refractivity contribution < 1.29 is 14.3 Å². The number of fused-ring (bicyclic) bond motifs is 1. The topological polar surface area (TPSA) is 53.4 Å². The predicted molar refractivity (Wildman–Crippen MR) is 96.4 cm³/mol. The number of carbonyl (C=O) groups is 1. The Bertz CT molecular complexity index is 748. The summed E-state index contributed by atoms with van der Waals surface area (Å²) in [6.45, 7) is 4.06. The Balaban J connectivity index is 1.74. The fourth-order valence-corrected chi connectivity index (χ4v) is 4.25. The van der Waals surface area contributed by atoms with Gasteiger partial charge < -0.3 is 9.47 Å². The highest BCUT2D eigenvalue weighted by molar-refractivity contribution is 9.10. The molecule has 0 aliphatic heterocycles. The number of methoxy groups -OCH3 is 1. The van der Waals surface area contributed by atoms with E-state index >= 15 is 0 Å². The number of aromatic nitrogens is 2. The van der Waals surface area contributed by atoms with Gasteiger partial charge in [0, 0.05) is 24.1 Å². The van der Waals surface area contributed by atoms with Crippen LogP contribution in [0.5, 0.6) is 5.75 Å². The van der Waals surface area contributed by atoms with E-state index in [1.165, 1.54) is 6.92 Å². The Morgan fingerprint density at radius 3 is 2.71 bits per heavy atom. The van der Waals surface area contributed by atoms with Crippen LogP contribution in [-0.4, -0.2) is 29.5 Å². The summed E-state index contributed by atoms with van der Waals surface area (Å²) in [6, 6.07) is 2.48. The summed E-state index contributed by atoms with van der Waals surface area (Å²) < 4.78 is 13.7. The van der Waals surface area contributed by atoms with Crippen LogP contribution in [0, 0.1) is 12.8 Å². The van der Waals surface area contributed by atoms with Crippen LogP contribution < -0.4 is 4.74 Å². The Labute approximate surface area is 150 Å². The molecule has 0 saturated heterocycles. The Hall–Kier alpha value is -1.56. The number of nitrogens with zero attached hydrogens (tertiary/aromatic N) is 2. The normalized spacial score (nSPS) is 21.0. The molecule has 0 bridgehead atoms. The molecular formula is C18H23BrN2O3. The summed E-state index contributed by atoms with van der Waals surface area (Å²) in [4.78, 5) is 10.9. The van der Waals surface area contributed by atoms with E-state index in [-0.39, 0.29) is 5.97 Å². The van der Waals surface area contributed by atoms with Crippen molar-refractivity contribution in [2.24, 2.45) is 5.92 Å². The SMILES string of the molecule is COc1c(Br)cc2cn([C@H]3CC[C@H](COC(C)=O)CC3)nc2c1C. The summed E-state index contributed by atoms with van der Waals surface area (Å²) in [5, 5.41) is 5.94. The second kappa shape index (κ2) is 7.13. The van der Waals surface area contributed by atoms with Crippen LogP contribution in [0.15, 0.2) is 16.7 Å². The lowest BCUT2D eigenvalue weighted by Gasteiger charge is -2.28. The van der Waals surface area contributed by atoms with Gasteiger partial charge in [0.25, 0.3) is 0 Å². The van der Waals surface area contributed by atoms with E-state index in [0.717, 1.165) is 52.4 Å². The highest BCUT2D eigenvalue weighted by Gasteiger charge is 2.24. The van der Waals surface area contributed by atoms with E-state index in [1.54, 1.807) is 7.11 Å². The molecule has 1 fully saturated rings. The molecule has 1 aromatic heterocycles. The molecule has 130 valence electrons. The number of halogens is 1. The Kier molecular flexibility index (Phi) is 5.13. The number of esters is 1. The summed E-state index contributed by atoms with van der Waals surface area (Å²) in [6.07, 6.45) is 6.40. The number of hydrogen-bond acceptors (Lipinski definition) is 4. The van der Waals surface area contributed by atoms with Crippen molar-refractivity contribution in [1.29, 1.82) is 0 Å². The first kappa shape index (κ1) is 17.3. The molecule has 1 aliphatic carbocycles. The highest BCUT2D eigenvalue weighted by Crippen LogP contribution is 2.37. The molecule has 5 nitrogen and oxygen atoms in total. The van der Waals surface area contributed by atoms with Gasteiger partial charge in [-0.3, -0.25) is 9.48 Å². The summed E-state index contributed by atoms with van der Waals surface area (Å²) in [7, 11) is 1.68. The minimum Gasteiger partial charge on any atom is -0.495 e. The number of aryl methyl sites for hydroxylation is 1. The molecule has 1 heterocycles. The Morgan fingerprint density at radius 1 is 1.38 bits per heavy atom. The van der Waals surface area contributed by atoms with E-state index in [1.807, 2.05) is 6.92 Å². The Morgan fingerprint density at radius 2 is 2.08 bits per heavy atom. The molecule has 0 amide bonds. The van der Waals surface area contributed by atoms with Gasteiger partial charge in [-0.15, -0.1) is 0 Å². The van der Waals surface area contributed by atoms with Crippen LogP contribution in [0.1, 0.15) is 44.2 Å². The van der Waals surface area contributed by atoms with Crippen molar-refractivity contribution in [2.75, 3.05) is 13.7 Å². The zero-order chi connectivity index (χ0) is 17.3. The van der Waals surface area contributed by atoms with Crippen molar-refractivity contribution in [3.05, 3.63) is 22.3 Å². The number of ether oxygens (including phenoxy) is 2. The van der Waals surface area contributed by atoms with E-state index in [9.17, 15) is 4.79 Å². The van der Waals surface area contributed by atoms with E-state index in [2.05, 4.69) is 32.9 Å². The van der Waals surface area contributed by atoms with Crippen molar-refractivity contribution in [1.82, 2.24) is 9.78 Å². The zero-order valence-corrected chi connectivity index (χ0v) is 15.9. The van der Waals surface area contributed by atoms with Gasteiger partial charge in [-0.05, 0) is 60.5 Å². The molecule has 0 unspecified atom stereocenters. The molecule has 0 radical (unpaired) electrons. The van der Waals surface area contributed by atoms with Crippen molar-refractivity contribution in [2.45, 2.75) is 45.6 Å². The van der Waals surface area contributed by atoms with Gasteiger partial charge >= 0.3 is 5.97 Å². The highest BCUT2D eigenvalue weighted by atomic mass is 79.9. The summed E-state index contributed by atoms with van der Waals surface area (Å²) in [5.41, 5.74) is 2.06.